The number of carbonyl (C=O) groups excluding carboxylic acids is 3. The molecule has 3 rings (SSSR count). The van der Waals surface area contributed by atoms with E-state index in [0.29, 0.717) is 51.4 Å². The Balaban J connectivity index is 1.59. The average molecular weight is 495 g/mol. The van der Waals surface area contributed by atoms with E-state index < -0.39 is 0 Å². The van der Waals surface area contributed by atoms with Crippen LogP contribution >= 0.6 is 0 Å². The molecule has 0 aromatic rings. The standard InChI is InChI=1S/C24H38N4O7/c1-4-33-23(30)18-14-20(25-3)22(26-17(2)29)21(15-18)28-7-5-6-19(16-28)34-12-13-35-24(31)27-8-10-32-11-9-27/h15,19-22H,3-14,16H2,1-2H3,(H,26,29)/t19-,20?,21+,22+/m0/s1. The molecule has 0 radical (unpaired) electrons. The second kappa shape index (κ2) is 13.6. The number of hydrogen-bond donors (Lipinski definition) is 1. The van der Waals surface area contributed by atoms with Gasteiger partial charge in [0.05, 0.1) is 50.7 Å². The molecule has 2 amide bonds. The summed E-state index contributed by atoms with van der Waals surface area (Å²) >= 11 is 0. The van der Waals surface area contributed by atoms with Crippen molar-refractivity contribution < 1.29 is 33.3 Å². The summed E-state index contributed by atoms with van der Waals surface area (Å²) in [6.45, 7) is 11.3. The second-order valence-corrected chi connectivity index (χ2v) is 8.93. The minimum Gasteiger partial charge on any atom is -0.463 e. The quantitative estimate of drug-likeness (QED) is 0.284. The maximum atomic E-state index is 12.5. The van der Waals surface area contributed by atoms with Gasteiger partial charge >= 0.3 is 12.1 Å². The first-order valence-corrected chi connectivity index (χ1v) is 12.4. The third kappa shape index (κ3) is 7.74. The number of carbonyl (C=O) groups is 3. The first kappa shape index (κ1) is 27.1. The molecule has 196 valence electrons. The van der Waals surface area contributed by atoms with Gasteiger partial charge in [-0.1, -0.05) is 6.08 Å². The van der Waals surface area contributed by atoms with E-state index >= 15 is 0 Å². The number of nitrogens with one attached hydrogen (secondary N) is 1. The third-order valence-corrected chi connectivity index (χ3v) is 6.49. The number of amides is 2. The molecule has 11 heteroatoms. The number of rotatable bonds is 9. The molecule has 2 fully saturated rings. The van der Waals surface area contributed by atoms with E-state index in [2.05, 4.69) is 21.9 Å². The Morgan fingerprint density at radius 1 is 1.20 bits per heavy atom. The number of nitrogens with zero attached hydrogens (tertiary/aromatic N) is 3. The lowest BCUT2D eigenvalue weighted by Crippen LogP contribution is -2.60. The van der Waals surface area contributed by atoms with Gasteiger partial charge in [-0.2, -0.15) is 0 Å². The van der Waals surface area contributed by atoms with Gasteiger partial charge in [0.25, 0.3) is 0 Å². The van der Waals surface area contributed by atoms with Crippen molar-refractivity contribution in [2.24, 2.45) is 4.99 Å². The molecule has 1 N–H and O–H groups in total. The Bertz CT molecular complexity index is 784. The molecule has 2 heterocycles. The van der Waals surface area contributed by atoms with Crippen LogP contribution in [0.15, 0.2) is 16.6 Å². The van der Waals surface area contributed by atoms with Crippen molar-refractivity contribution in [1.29, 1.82) is 0 Å². The second-order valence-electron chi connectivity index (χ2n) is 8.93. The number of ether oxygens (including phenoxy) is 4. The first-order valence-electron chi connectivity index (χ1n) is 12.4. The molecule has 1 aliphatic carbocycles. The zero-order chi connectivity index (χ0) is 25.2. The lowest BCUT2D eigenvalue weighted by molar-refractivity contribution is -0.138. The zero-order valence-electron chi connectivity index (χ0n) is 20.8. The molecule has 4 atom stereocenters. The Labute approximate surface area is 206 Å². The molecule has 0 spiro atoms. The minimum absolute atomic E-state index is 0.0553. The van der Waals surface area contributed by atoms with Gasteiger partial charge in [-0.15, -0.1) is 0 Å². The van der Waals surface area contributed by atoms with Crippen LogP contribution in [0.1, 0.15) is 33.1 Å². The molecular weight excluding hydrogens is 456 g/mol. The molecular formula is C24H38N4O7. The largest absolute Gasteiger partial charge is 0.463 e. The smallest absolute Gasteiger partial charge is 0.409 e. The number of esters is 1. The Morgan fingerprint density at radius 2 is 1.97 bits per heavy atom. The lowest BCUT2D eigenvalue weighted by Gasteiger charge is -2.44. The van der Waals surface area contributed by atoms with Gasteiger partial charge in [-0.25, -0.2) is 9.59 Å². The number of piperidine rings is 1. The van der Waals surface area contributed by atoms with Crippen LogP contribution in [0.5, 0.6) is 0 Å². The maximum absolute atomic E-state index is 12.5. The summed E-state index contributed by atoms with van der Waals surface area (Å²) in [5.41, 5.74) is 0.550. The zero-order valence-corrected chi connectivity index (χ0v) is 20.8. The van der Waals surface area contributed by atoms with Gasteiger partial charge in [0.2, 0.25) is 5.91 Å². The van der Waals surface area contributed by atoms with Gasteiger partial charge in [0.1, 0.15) is 6.61 Å². The molecule has 1 unspecified atom stereocenters. The van der Waals surface area contributed by atoms with E-state index in [4.69, 9.17) is 18.9 Å². The molecule has 0 aromatic heterocycles. The van der Waals surface area contributed by atoms with E-state index in [0.717, 1.165) is 19.4 Å². The van der Waals surface area contributed by atoms with Crippen LogP contribution in [-0.2, 0) is 28.5 Å². The van der Waals surface area contributed by atoms with Crippen molar-refractivity contribution in [3.63, 3.8) is 0 Å². The topological polar surface area (TPSA) is 119 Å². The fourth-order valence-corrected chi connectivity index (χ4v) is 4.81. The van der Waals surface area contributed by atoms with Crippen LogP contribution in [0.3, 0.4) is 0 Å². The predicted molar refractivity (Wildman–Crippen MR) is 128 cm³/mol. The van der Waals surface area contributed by atoms with Crippen molar-refractivity contribution >= 4 is 24.7 Å². The van der Waals surface area contributed by atoms with E-state index in [-0.39, 0.29) is 55.4 Å². The summed E-state index contributed by atoms with van der Waals surface area (Å²) in [6.07, 6.45) is 3.64. The molecule has 0 aromatic carbocycles. The number of aliphatic imine (C=N–C) groups is 1. The minimum atomic E-state index is -0.362. The highest BCUT2D eigenvalue weighted by Gasteiger charge is 2.40. The summed E-state index contributed by atoms with van der Waals surface area (Å²) in [5, 5.41) is 3.01. The Kier molecular flexibility index (Phi) is 10.5. The molecule has 2 aliphatic heterocycles. The highest BCUT2D eigenvalue weighted by molar-refractivity contribution is 5.89. The van der Waals surface area contributed by atoms with Crippen LogP contribution in [-0.4, -0.2) is 118 Å². The van der Waals surface area contributed by atoms with Crippen molar-refractivity contribution in [2.75, 3.05) is 59.2 Å². The highest BCUT2D eigenvalue weighted by atomic mass is 16.6. The maximum Gasteiger partial charge on any atom is 0.409 e. The molecule has 35 heavy (non-hydrogen) atoms. The van der Waals surface area contributed by atoms with E-state index in [1.165, 1.54) is 6.92 Å². The third-order valence-electron chi connectivity index (χ3n) is 6.49. The van der Waals surface area contributed by atoms with E-state index in [1.54, 1.807) is 11.8 Å². The summed E-state index contributed by atoms with van der Waals surface area (Å²) in [5.74, 6) is -0.521. The van der Waals surface area contributed by atoms with Crippen molar-refractivity contribution in [1.82, 2.24) is 15.1 Å². The molecule has 0 bridgehead atoms. The van der Waals surface area contributed by atoms with Crippen LogP contribution in [0.2, 0.25) is 0 Å². The van der Waals surface area contributed by atoms with Gasteiger partial charge in [-0.05, 0) is 33.0 Å². The van der Waals surface area contributed by atoms with Gasteiger partial charge in [0.15, 0.2) is 0 Å². The lowest BCUT2D eigenvalue weighted by atomic mass is 9.85. The first-order chi connectivity index (χ1) is 16.9. The number of hydrogen-bond acceptors (Lipinski definition) is 9. The van der Waals surface area contributed by atoms with Gasteiger partial charge < -0.3 is 29.2 Å². The molecule has 3 aliphatic rings. The number of morpholine rings is 1. The monoisotopic (exact) mass is 494 g/mol. The van der Waals surface area contributed by atoms with Crippen LogP contribution < -0.4 is 5.32 Å². The van der Waals surface area contributed by atoms with Crippen LogP contribution in [0, 0.1) is 0 Å². The van der Waals surface area contributed by atoms with Gasteiger partial charge in [0, 0.05) is 38.6 Å². The van der Waals surface area contributed by atoms with E-state index in [9.17, 15) is 14.4 Å². The van der Waals surface area contributed by atoms with Crippen molar-refractivity contribution in [2.45, 2.75) is 57.3 Å². The Hall–Kier alpha value is -2.50. The summed E-state index contributed by atoms with van der Waals surface area (Å²) in [4.78, 5) is 44.6. The molecule has 2 saturated heterocycles. The summed E-state index contributed by atoms with van der Waals surface area (Å²) in [7, 11) is 0. The van der Waals surface area contributed by atoms with E-state index in [1.807, 2.05) is 6.08 Å². The molecule has 11 nitrogen and oxygen atoms in total. The molecule has 0 saturated carbocycles. The van der Waals surface area contributed by atoms with Crippen molar-refractivity contribution in [3.8, 4) is 0 Å². The highest BCUT2D eigenvalue weighted by Crippen LogP contribution is 2.28. The fraction of sp³-hybridized carbons (Fsp3) is 0.750. The SMILES string of the molecule is C=NC1CC(C(=O)OCC)=C[C@@H](N2CCC[C@H](OCCOC(=O)N3CCOCC3)C2)[C@@H]1NC(C)=O. The Morgan fingerprint density at radius 3 is 2.66 bits per heavy atom. The van der Waals surface area contributed by atoms with Crippen LogP contribution in [0.25, 0.3) is 0 Å². The average Bonchev–Trinajstić information content (AvgIpc) is 2.87. The predicted octanol–water partition coefficient (Wildman–Crippen LogP) is 0.772. The summed E-state index contributed by atoms with van der Waals surface area (Å²) in [6, 6.07) is -0.890. The van der Waals surface area contributed by atoms with Crippen LogP contribution in [0.4, 0.5) is 4.79 Å². The van der Waals surface area contributed by atoms with Gasteiger partial charge in [-0.3, -0.25) is 14.7 Å². The summed E-state index contributed by atoms with van der Waals surface area (Å²) < 4.78 is 21.8. The van der Waals surface area contributed by atoms with Crippen molar-refractivity contribution in [3.05, 3.63) is 11.6 Å². The fourth-order valence-electron chi connectivity index (χ4n) is 4.81. The number of likely N-dealkylation sites (tertiary alicyclic amines) is 1. The normalized spacial score (nSPS) is 27.5.